The molecule has 0 aliphatic carbocycles. The Morgan fingerprint density at radius 1 is 1.10 bits per heavy atom. The molecular weight excluding hydrogens is 485 g/mol. The Balaban J connectivity index is 1.69. The first-order valence-electron chi connectivity index (χ1n) is 8.38. The van der Waals surface area contributed by atoms with E-state index in [9.17, 15) is 28.8 Å². The lowest BCUT2D eigenvalue weighted by Crippen LogP contribution is -2.33. The van der Waals surface area contributed by atoms with Crippen molar-refractivity contribution < 1.29 is 56.5 Å². The molecule has 0 saturated carbocycles. The van der Waals surface area contributed by atoms with E-state index in [1.165, 1.54) is 17.2 Å². The molecule has 2 aromatic rings. The van der Waals surface area contributed by atoms with Crippen molar-refractivity contribution in [3.63, 3.8) is 0 Å². The maximum atomic E-state index is 12.2. The Bertz CT molecular complexity index is 1100. The van der Waals surface area contributed by atoms with Crippen LogP contribution in [0, 0.1) is 6.92 Å². The van der Waals surface area contributed by atoms with E-state index < -0.39 is 54.4 Å². The van der Waals surface area contributed by atoms with Gasteiger partial charge in [0.1, 0.15) is 30.2 Å². The van der Waals surface area contributed by atoms with Crippen LogP contribution in [0.1, 0.15) is 11.9 Å². The smallest absolute Gasteiger partial charge is 0.387 e. The normalized spacial score (nSPS) is 28.5. The largest absolute Gasteiger partial charge is 0.488 e. The van der Waals surface area contributed by atoms with Gasteiger partial charge in [0.25, 0.3) is 0 Å². The highest BCUT2D eigenvalue weighted by Crippen LogP contribution is 2.66. The summed E-state index contributed by atoms with van der Waals surface area (Å²) in [6.07, 6.45) is -2.81. The monoisotopic (exact) mass is 504 g/mol. The van der Waals surface area contributed by atoms with Gasteiger partial charge in [0, 0.05) is 6.66 Å². The molecule has 6 atom stereocenters. The van der Waals surface area contributed by atoms with E-state index in [4.69, 9.17) is 19.0 Å². The average Bonchev–Trinajstić information content (AvgIpc) is 3.13. The molecule has 0 bridgehead atoms. The number of fused-ring (bicyclic) bond motifs is 1. The Morgan fingerprint density at radius 3 is 2.42 bits per heavy atom. The fourth-order valence-corrected chi connectivity index (χ4v) is 6.39. The summed E-state index contributed by atoms with van der Waals surface area (Å²) in [6.45, 7) is 1.75. The van der Waals surface area contributed by atoms with Crippen molar-refractivity contribution in [2.45, 2.75) is 31.5 Å². The van der Waals surface area contributed by atoms with E-state index >= 15 is 0 Å². The first kappa shape index (κ1) is 24.5. The zero-order chi connectivity index (χ0) is 23.2. The first-order valence-corrected chi connectivity index (χ1v) is 13.4. The summed E-state index contributed by atoms with van der Waals surface area (Å²) in [5.74, 6) is 0. The standard InChI is InChI=1S/C12H19N4O12P3/c1-6-8-11(14-4-13-6)16(5-15-8)12-10(18)9(17)7(26-12)3-25-29(2,19)27-31(23,24)28-30(20,21)22/h4-5,7,9-10,12,17-18H,3H2,1-2H3,(H,23,24)(H2,20,21,22). The quantitative estimate of drug-likeness (QED) is 0.293. The van der Waals surface area contributed by atoms with Crippen molar-refractivity contribution >= 4 is 34.4 Å². The van der Waals surface area contributed by atoms with Crippen molar-refractivity contribution in [1.29, 1.82) is 0 Å². The molecule has 174 valence electrons. The third-order valence-electron chi connectivity index (χ3n) is 4.09. The van der Waals surface area contributed by atoms with Gasteiger partial charge in [0.15, 0.2) is 11.9 Å². The van der Waals surface area contributed by atoms with Gasteiger partial charge in [-0.2, -0.15) is 4.31 Å². The van der Waals surface area contributed by atoms with E-state index in [1.54, 1.807) is 6.92 Å². The van der Waals surface area contributed by atoms with Gasteiger partial charge < -0.3 is 34.2 Å². The minimum Gasteiger partial charge on any atom is -0.387 e. The number of hydrogen-bond donors (Lipinski definition) is 5. The average molecular weight is 504 g/mol. The fraction of sp³-hybridized carbons (Fsp3) is 0.583. The van der Waals surface area contributed by atoms with Gasteiger partial charge in [-0.05, 0) is 6.92 Å². The number of aliphatic hydroxyl groups is 2. The highest BCUT2D eigenvalue weighted by atomic mass is 31.3. The fourth-order valence-electron chi connectivity index (χ4n) is 2.82. The summed E-state index contributed by atoms with van der Waals surface area (Å²) in [5.41, 5.74) is 1.35. The number of aromatic nitrogens is 4. The molecule has 3 heterocycles. The Kier molecular flexibility index (Phi) is 6.86. The number of nitrogens with zero attached hydrogens (tertiary/aromatic N) is 4. The zero-order valence-electron chi connectivity index (χ0n) is 15.9. The Hall–Kier alpha value is -1.12. The van der Waals surface area contributed by atoms with Gasteiger partial charge >= 0.3 is 23.2 Å². The number of ether oxygens (including phenoxy) is 1. The second-order valence-electron chi connectivity index (χ2n) is 6.52. The number of aryl methyl sites for hydroxylation is 1. The van der Waals surface area contributed by atoms with Crippen LogP contribution in [-0.4, -0.2) is 76.0 Å². The summed E-state index contributed by atoms with van der Waals surface area (Å²) in [7, 11) is -15.3. The minimum absolute atomic E-state index is 0.325. The molecule has 19 heteroatoms. The van der Waals surface area contributed by atoms with E-state index in [-0.39, 0.29) is 0 Å². The third-order valence-corrected chi connectivity index (χ3v) is 8.39. The first-order chi connectivity index (χ1) is 14.2. The van der Waals surface area contributed by atoms with Gasteiger partial charge in [0.2, 0.25) is 0 Å². The van der Waals surface area contributed by atoms with Gasteiger partial charge in [-0.15, -0.1) is 0 Å². The van der Waals surface area contributed by atoms with Crippen LogP contribution in [-0.2, 0) is 31.6 Å². The second kappa shape index (κ2) is 8.67. The summed E-state index contributed by atoms with van der Waals surface area (Å²) >= 11 is 0. The van der Waals surface area contributed by atoms with Gasteiger partial charge in [-0.3, -0.25) is 9.13 Å². The van der Waals surface area contributed by atoms with E-state index in [0.29, 0.717) is 16.9 Å². The lowest BCUT2D eigenvalue weighted by atomic mass is 10.1. The maximum Gasteiger partial charge on any atom is 0.488 e. The lowest BCUT2D eigenvalue weighted by Gasteiger charge is -2.20. The summed E-state index contributed by atoms with van der Waals surface area (Å²) in [4.78, 5) is 38.6. The van der Waals surface area contributed by atoms with Crippen LogP contribution in [0.5, 0.6) is 0 Å². The molecule has 16 nitrogen and oxygen atoms in total. The Labute approximate surface area is 174 Å². The predicted molar refractivity (Wildman–Crippen MR) is 99.5 cm³/mol. The summed E-state index contributed by atoms with van der Waals surface area (Å²) < 4.78 is 54.0. The van der Waals surface area contributed by atoms with Gasteiger partial charge in [-0.25, -0.2) is 28.4 Å². The van der Waals surface area contributed by atoms with Crippen LogP contribution < -0.4 is 0 Å². The topological polar surface area (TPSA) is 233 Å². The van der Waals surface area contributed by atoms with Crippen molar-refractivity contribution in [3.05, 3.63) is 18.3 Å². The molecule has 31 heavy (non-hydrogen) atoms. The molecule has 1 saturated heterocycles. The summed E-state index contributed by atoms with van der Waals surface area (Å²) in [6, 6.07) is 0. The molecule has 3 rings (SSSR count). The second-order valence-corrected chi connectivity index (χ2v) is 11.5. The van der Waals surface area contributed by atoms with Crippen molar-refractivity contribution in [1.82, 2.24) is 19.5 Å². The number of imidazole rings is 1. The van der Waals surface area contributed by atoms with Crippen LogP contribution in [0.2, 0.25) is 0 Å². The van der Waals surface area contributed by atoms with Crippen LogP contribution in [0.4, 0.5) is 0 Å². The number of aliphatic hydroxyl groups excluding tert-OH is 2. The molecule has 6 unspecified atom stereocenters. The molecule has 1 aliphatic heterocycles. The third kappa shape index (κ3) is 5.82. The zero-order valence-corrected chi connectivity index (χ0v) is 18.6. The van der Waals surface area contributed by atoms with E-state index in [0.717, 1.165) is 6.66 Å². The van der Waals surface area contributed by atoms with Crippen molar-refractivity contribution in [3.8, 4) is 0 Å². The predicted octanol–water partition coefficient (Wildman–Crippen LogP) is -0.180. The minimum atomic E-state index is -5.44. The van der Waals surface area contributed by atoms with E-state index in [2.05, 4.69) is 23.6 Å². The lowest BCUT2D eigenvalue weighted by molar-refractivity contribution is -0.0482. The molecule has 0 aromatic carbocycles. The van der Waals surface area contributed by atoms with Gasteiger partial charge in [0.05, 0.1) is 18.6 Å². The number of hydrogen-bond acceptors (Lipinski definition) is 12. The molecule has 0 spiro atoms. The van der Waals surface area contributed by atoms with Crippen molar-refractivity contribution in [2.75, 3.05) is 13.3 Å². The van der Waals surface area contributed by atoms with Crippen molar-refractivity contribution in [2.24, 2.45) is 0 Å². The molecule has 0 amide bonds. The molecule has 5 N–H and O–H groups in total. The molecule has 1 aliphatic rings. The molecule has 1 fully saturated rings. The molecular formula is C12H19N4O12P3. The van der Waals surface area contributed by atoms with Crippen LogP contribution in [0.3, 0.4) is 0 Å². The molecule has 2 aromatic heterocycles. The summed E-state index contributed by atoms with van der Waals surface area (Å²) in [5, 5.41) is 20.6. The van der Waals surface area contributed by atoms with Gasteiger partial charge in [-0.1, -0.05) is 0 Å². The maximum absolute atomic E-state index is 12.2. The highest BCUT2D eigenvalue weighted by molar-refractivity contribution is 7.68. The van der Waals surface area contributed by atoms with Crippen LogP contribution >= 0.6 is 23.2 Å². The highest BCUT2D eigenvalue weighted by Gasteiger charge is 2.46. The number of phosphoric acid groups is 2. The Morgan fingerprint density at radius 2 is 1.77 bits per heavy atom. The van der Waals surface area contributed by atoms with Crippen LogP contribution in [0.25, 0.3) is 11.2 Å². The SMILES string of the molecule is Cc1ncnc2c1ncn2C1OC(COP(C)(=O)OP(=O)(O)OP(=O)(O)O)C(O)C1O. The number of rotatable bonds is 8. The van der Waals surface area contributed by atoms with Crippen LogP contribution in [0.15, 0.2) is 12.7 Å². The van der Waals surface area contributed by atoms with E-state index in [1.807, 2.05) is 0 Å². The molecule has 0 radical (unpaired) electrons.